The smallest absolute Gasteiger partial charge is 0.127 e. The first-order valence-electron chi connectivity index (χ1n) is 5.64. The standard InChI is InChI=1S/C12H16ClFN2/c13-10-1-2-12(14)9(7-10)8-16-11-3-5-15-6-4-11/h1-2,7,11,15-16H,3-6,8H2. The fourth-order valence-corrected chi connectivity index (χ4v) is 2.15. The number of benzene rings is 1. The number of hydrogen-bond donors (Lipinski definition) is 2. The molecule has 1 aromatic rings. The molecule has 0 radical (unpaired) electrons. The van der Waals surface area contributed by atoms with Crippen molar-refractivity contribution in [3.63, 3.8) is 0 Å². The average molecular weight is 243 g/mol. The van der Waals surface area contributed by atoms with Gasteiger partial charge in [0.2, 0.25) is 0 Å². The molecule has 0 spiro atoms. The molecule has 0 atom stereocenters. The molecule has 0 aromatic heterocycles. The molecule has 0 unspecified atom stereocenters. The molecule has 0 amide bonds. The number of halogens is 2. The van der Waals surface area contributed by atoms with E-state index in [1.54, 1.807) is 12.1 Å². The first-order chi connectivity index (χ1) is 7.75. The van der Waals surface area contributed by atoms with Gasteiger partial charge >= 0.3 is 0 Å². The van der Waals surface area contributed by atoms with Gasteiger partial charge in [0.05, 0.1) is 0 Å². The van der Waals surface area contributed by atoms with E-state index in [4.69, 9.17) is 11.6 Å². The highest BCUT2D eigenvalue weighted by molar-refractivity contribution is 6.30. The van der Waals surface area contributed by atoms with Gasteiger partial charge in [-0.05, 0) is 44.1 Å². The lowest BCUT2D eigenvalue weighted by Crippen LogP contribution is -2.39. The van der Waals surface area contributed by atoms with E-state index in [0.29, 0.717) is 23.2 Å². The van der Waals surface area contributed by atoms with E-state index in [0.717, 1.165) is 25.9 Å². The topological polar surface area (TPSA) is 24.1 Å². The zero-order valence-electron chi connectivity index (χ0n) is 9.10. The fourth-order valence-electron chi connectivity index (χ4n) is 1.96. The molecular weight excluding hydrogens is 227 g/mol. The van der Waals surface area contributed by atoms with Crippen LogP contribution in [0.3, 0.4) is 0 Å². The maximum atomic E-state index is 13.4. The number of nitrogens with one attached hydrogen (secondary N) is 2. The summed E-state index contributed by atoms with van der Waals surface area (Å²) in [6.07, 6.45) is 2.20. The Morgan fingerprint density at radius 2 is 2.12 bits per heavy atom. The molecule has 0 saturated carbocycles. The van der Waals surface area contributed by atoms with Crippen molar-refractivity contribution < 1.29 is 4.39 Å². The molecule has 16 heavy (non-hydrogen) atoms. The van der Waals surface area contributed by atoms with Gasteiger partial charge in [-0.15, -0.1) is 0 Å². The molecule has 1 saturated heterocycles. The Hall–Kier alpha value is -0.640. The zero-order chi connectivity index (χ0) is 11.4. The summed E-state index contributed by atoms with van der Waals surface area (Å²) < 4.78 is 13.4. The van der Waals surface area contributed by atoms with Gasteiger partial charge in [-0.3, -0.25) is 0 Å². The van der Waals surface area contributed by atoms with Crippen molar-refractivity contribution in [1.82, 2.24) is 10.6 Å². The Morgan fingerprint density at radius 1 is 1.38 bits per heavy atom. The van der Waals surface area contributed by atoms with E-state index < -0.39 is 0 Å². The SMILES string of the molecule is Fc1ccc(Cl)cc1CNC1CCNCC1. The predicted octanol–water partition coefficient (Wildman–Crippen LogP) is 2.32. The summed E-state index contributed by atoms with van der Waals surface area (Å²) in [4.78, 5) is 0. The number of hydrogen-bond acceptors (Lipinski definition) is 2. The quantitative estimate of drug-likeness (QED) is 0.850. The minimum Gasteiger partial charge on any atom is -0.317 e. The minimum atomic E-state index is -0.189. The van der Waals surface area contributed by atoms with Gasteiger partial charge in [-0.2, -0.15) is 0 Å². The maximum Gasteiger partial charge on any atom is 0.127 e. The normalized spacial score (nSPS) is 17.6. The number of rotatable bonds is 3. The maximum absolute atomic E-state index is 13.4. The molecule has 1 aliphatic heterocycles. The molecule has 0 aliphatic carbocycles. The molecule has 1 aliphatic rings. The highest BCUT2D eigenvalue weighted by Crippen LogP contribution is 2.15. The Morgan fingerprint density at radius 3 is 2.88 bits per heavy atom. The first-order valence-corrected chi connectivity index (χ1v) is 6.01. The van der Waals surface area contributed by atoms with Crippen molar-refractivity contribution in [2.45, 2.75) is 25.4 Å². The third-order valence-electron chi connectivity index (χ3n) is 2.93. The minimum absolute atomic E-state index is 0.189. The molecule has 2 N–H and O–H groups in total. The molecule has 2 rings (SSSR count). The van der Waals surface area contributed by atoms with Gasteiger partial charge in [0.15, 0.2) is 0 Å². The molecule has 1 heterocycles. The van der Waals surface area contributed by atoms with Crippen LogP contribution in [0.4, 0.5) is 4.39 Å². The second-order valence-corrected chi connectivity index (χ2v) is 4.58. The number of piperidine rings is 1. The van der Waals surface area contributed by atoms with Gasteiger partial charge in [0.25, 0.3) is 0 Å². The van der Waals surface area contributed by atoms with Crippen molar-refractivity contribution in [3.8, 4) is 0 Å². The van der Waals surface area contributed by atoms with Crippen LogP contribution in [0.1, 0.15) is 18.4 Å². The van der Waals surface area contributed by atoms with Gasteiger partial charge < -0.3 is 10.6 Å². The van der Waals surface area contributed by atoms with E-state index in [2.05, 4.69) is 10.6 Å². The van der Waals surface area contributed by atoms with E-state index in [-0.39, 0.29) is 5.82 Å². The summed E-state index contributed by atoms with van der Waals surface area (Å²) >= 11 is 5.83. The summed E-state index contributed by atoms with van der Waals surface area (Å²) in [5.41, 5.74) is 0.644. The molecule has 88 valence electrons. The Labute approximate surface area is 100 Å². The lowest BCUT2D eigenvalue weighted by molar-refractivity contribution is 0.384. The van der Waals surface area contributed by atoms with Crippen molar-refractivity contribution in [2.24, 2.45) is 0 Å². The second kappa shape index (κ2) is 5.62. The lowest BCUT2D eigenvalue weighted by Gasteiger charge is -2.23. The van der Waals surface area contributed by atoms with Gasteiger partial charge in [-0.25, -0.2) is 4.39 Å². The van der Waals surface area contributed by atoms with Crippen LogP contribution in [-0.4, -0.2) is 19.1 Å². The van der Waals surface area contributed by atoms with Crippen LogP contribution in [0.2, 0.25) is 5.02 Å². The van der Waals surface area contributed by atoms with Gasteiger partial charge in [-0.1, -0.05) is 11.6 Å². The van der Waals surface area contributed by atoms with Crippen LogP contribution >= 0.6 is 11.6 Å². The van der Waals surface area contributed by atoms with Crippen molar-refractivity contribution in [3.05, 3.63) is 34.6 Å². The molecule has 4 heteroatoms. The van der Waals surface area contributed by atoms with Gasteiger partial charge in [0, 0.05) is 23.2 Å². The Kier molecular flexibility index (Phi) is 4.16. The lowest BCUT2D eigenvalue weighted by atomic mass is 10.1. The summed E-state index contributed by atoms with van der Waals surface area (Å²) in [7, 11) is 0. The summed E-state index contributed by atoms with van der Waals surface area (Å²) in [6, 6.07) is 5.16. The predicted molar refractivity (Wildman–Crippen MR) is 64.1 cm³/mol. The summed E-state index contributed by atoms with van der Waals surface area (Å²) in [5, 5.41) is 7.25. The van der Waals surface area contributed by atoms with Crippen LogP contribution < -0.4 is 10.6 Å². The van der Waals surface area contributed by atoms with Crippen molar-refractivity contribution in [1.29, 1.82) is 0 Å². The fraction of sp³-hybridized carbons (Fsp3) is 0.500. The Balaban J connectivity index is 1.90. The summed E-state index contributed by atoms with van der Waals surface area (Å²) in [5.74, 6) is -0.189. The molecule has 1 fully saturated rings. The van der Waals surface area contributed by atoms with Crippen molar-refractivity contribution in [2.75, 3.05) is 13.1 Å². The van der Waals surface area contributed by atoms with Crippen LogP contribution in [0, 0.1) is 5.82 Å². The average Bonchev–Trinajstić information content (AvgIpc) is 2.32. The molecule has 2 nitrogen and oxygen atoms in total. The third kappa shape index (κ3) is 3.17. The Bertz CT molecular complexity index is 351. The monoisotopic (exact) mass is 242 g/mol. The van der Waals surface area contributed by atoms with E-state index in [1.165, 1.54) is 6.07 Å². The van der Waals surface area contributed by atoms with E-state index >= 15 is 0 Å². The summed E-state index contributed by atoms with van der Waals surface area (Å²) in [6.45, 7) is 2.63. The zero-order valence-corrected chi connectivity index (χ0v) is 9.86. The third-order valence-corrected chi connectivity index (χ3v) is 3.16. The van der Waals surface area contributed by atoms with Crippen LogP contribution in [0.15, 0.2) is 18.2 Å². The highest BCUT2D eigenvalue weighted by atomic mass is 35.5. The highest BCUT2D eigenvalue weighted by Gasteiger charge is 2.12. The second-order valence-electron chi connectivity index (χ2n) is 4.14. The van der Waals surface area contributed by atoms with E-state index in [1.807, 2.05) is 0 Å². The molecule has 0 bridgehead atoms. The van der Waals surface area contributed by atoms with Crippen LogP contribution in [0.25, 0.3) is 0 Å². The van der Waals surface area contributed by atoms with Crippen molar-refractivity contribution >= 4 is 11.6 Å². The van der Waals surface area contributed by atoms with Gasteiger partial charge in [0.1, 0.15) is 5.82 Å². The largest absolute Gasteiger partial charge is 0.317 e. The molecule has 1 aromatic carbocycles. The molecular formula is C12H16ClFN2. The van der Waals surface area contributed by atoms with Crippen LogP contribution in [-0.2, 0) is 6.54 Å². The van der Waals surface area contributed by atoms with E-state index in [9.17, 15) is 4.39 Å². The van der Waals surface area contributed by atoms with Crippen LogP contribution in [0.5, 0.6) is 0 Å². The first kappa shape index (κ1) is 11.8.